The van der Waals surface area contributed by atoms with Gasteiger partial charge in [-0.25, -0.2) is 4.98 Å². The van der Waals surface area contributed by atoms with Gasteiger partial charge in [-0.3, -0.25) is 0 Å². The molecule has 0 aromatic heterocycles. The Bertz CT molecular complexity index is 770. The van der Waals surface area contributed by atoms with E-state index in [1.54, 1.807) is 45.6 Å². The molecule has 0 saturated heterocycles. The molecule has 0 unspecified atom stereocenters. The molecule has 120 valence electrons. The highest BCUT2D eigenvalue weighted by Gasteiger charge is 2.20. The Kier molecular flexibility index (Phi) is 3.92. The Hall–Kier alpha value is -2.60. The zero-order valence-electron chi connectivity index (χ0n) is 12.8. The monoisotopic (exact) mass is 334 g/mol. The molecule has 2 aliphatic heterocycles. The fourth-order valence-electron chi connectivity index (χ4n) is 2.43. The first-order valence-electron chi connectivity index (χ1n) is 6.76. The molecule has 23 heavy (non-hydrogen) atoms. The van der Waals surface area contributed by atoms with Gasteiger partial charge in [-0.15, -0.1) is 0 Å². The molecule has 6 nitrogen and oxygen atoms in total. The van der Waals surface area contributed by atoms with E-state index in [4.69, 9.17) is 25.8 Å². The molecule has 0 aliphatic carbocycles. The van der Waals surface area contributed by atoms with Crippen LogP contribution in [0.4, 0.5) is 0 Å². The van der Waals surface area contributed by atoms with Gasteiger partial charge in [-0.1, -0.05) is 11.6 Å². The van der Waals surface area contributed by atoms with Crippen LogP contribution in [0.15, 0.2) is 30.5 Å². The highest BCUT2D eigenvalue weighted by atomic mass is 35.5. The molecule has 2 heterocycles. The molecule has 0 spiro atoms. The van der Waals surface area contributed by atoms with E-state index in [0.29, 0.717) is 39.4 Å². The van der Waals surface area contributed by atoms with Crippen molar-refractivity contribution in [2.24, 2.45) is 0 Å². The molecule has 0 fully saturated rings. The highest BCUT2D eigenvalue weighted by molar-refractivity contribution is 6.33. The maximum Gasteiger partial charge on any atom is 0.203 e. The second kappa shape index (κ2) is 5.89. The minimum atomic E-state index is 0.376. The Morgan fingerprint density at radius 3 is 2.22 bits per heavy atom. The third-order valence-corrected chi connectivity index (χ3v) is 3.87. The molecule has 2 aliphatic rings. The molecule has 0 atom stereocenters. The fourth-order valence-corrected chi connectivity index (χ4v) is 2.63. The van der Waals surface area contributed by atoms with Crippen LogP contribution in [-0.4, -0.2) is 36.3 Å². The molecule has 3 rings (SSSR count). The Morgan fingerprint density at radius 2 is 1.70 bits per heavy atom. The smallest absolute Gasteiger partial charge is 0.203 e. The van der Waals surface area contributed by atoms with Crippen LogP contribution in [-0.2, 0) is 0 Å². The van der Waals surface area contributed by atoms with Gasteiger partial charge in [0.15, 0.2) is 17.3 Å². The minimum absolute atomic E-state index is 0.376. The van der Waals surface area contributed by atoms with Crippen LogP contribution < -0.4 is 14.2 Å². The SMILES string of the molecule is COc1cc(-c2cc3c(Cl)ccn(O)c-3n2)cc(OC)c1OC. The molecule has 0 radical (unpaired) electrons. The normalized spacial score (nSPS) is 10.8. The largest absolute Gasteiger partial charge is 0.493 e. The van der Waals surface area contributed by atoms with Crippen LogP contribution >= 0.6 is 11.6 Å². The number of halogens is 1. The van der Waals surface area contributed by atoms with Crippen molar-refractivity contribution in [2.75, 3.05) is 21.3 Å². The van der Waals surface area contributed by atoms with Crippen molar-refractivity contribution >= 4 is 11.6 Å². The summed E-state index contributed by atoms with van der Waals surface area (Å²) in [6, 6.07) is 6.98. The molecule has 0 saturated carbocycles. The van der Waals surface area contributed by atoms with Gasteiger partial charge in [-0.05, 0) is 24.3 Å². The standard InChI is InChI=1S/C16H15ClN2O4/c1-21-13-6-9(7-14(22-2)15(13)23-3)12-8-10-11(17)4-5-19(20)16(10)18-12/h4-8,20H,1-3H3. The Labute approximate surface area is 138 Å². The lowest BCUT2D eigenvalue weighted by Crippen LogP contribution is -1.98. The topological polar surface area (TPSA) is 65.7 Å². The van der Waals surface area contributed by atoms with E-state index >= 15 is 0 Å². The summed E-state index contributed by atoms with van der Waals surface area (Å²) < 4.78 is 16.9. The van der Waals surface area contributed by atoms with E-state index in [0.717, 1.165) is 10.3 Å². The zero-order valence-corrected chi connectivity index (χ0v) is 13.6. The van der Waals surface area contributed by atoms with Gasteiger partial charge in [0.25, 0.3) is 0 Å². The van der Waals surface area contributed by atoms with E-state index in [1.165, 1.54) is 6.20 Å². The van der Waals surface area contributed by atoms with Gasteiger partial charge < -0.3 is 19.4 Å². The first-order chi connectivity index (χ1) is 11.1. The average molecular weight is 335 g/mol. The number of hydrogen-bond donors (Lipinski definition) is 1. The van der Waals surface area contributed by atoms with Crippen molar-refractivity contribution in [2.45, 2.75) is 0 Å². The summed E-state index contributed by atoms with van der Waals surface area (Å²) in [6.07, 6.45) is 1.44. The van der Waals surface area contributed by atoms with Crippen LogP contribution in [0, 0.1) is 0 Å². The number of fused-ring (bicyclic) bond motifs is 1. The molecule has 7 heteroatoms. The van der Waals surface area contributed by atoms with Gasteiger partial charge in [0.2, 0.25) is 5.75 Å². The van der Waals surface area contributed by atoms with Crippen molar-refractivity contribution in [1.82, 2.24) is 9.71 Å². The predicted molar refractivity (Wildman–Crippen MR) is 86.1 cm³/mol. The minimum Gasteiger partial charge on any atom is -0.493 e. The average Bonchev–Trinajstić information content (AvgIpc) is 3.03. The van der Waals surface area contributed by atoms with E-state index in [2.05, 4.69) is 4.98 Å². The molecular weight excluding hydrogens is 320 g/mol. The van der Waals surface area contributed by atoms with Crippen LogP contribution in [0.25, 0.3) is 22.6 Å². The lowest BCUT2D eigenvalue weighted by atomic mass is 10.1. The summed E-state index contributed by atoms with van der Waals surface area (Å²) in [5.74, 6) is 1.93. The third kappa shape index (κ3) is 2.51. The van der Waals surface area contributed by atoms with Gasteiger partial charge >= 0.3 is 0 Å². The van der Waals surface area contributed by atoms with E-state index in [9.17, 15) is 5.21 Å². The molecule has 1 N–H and O–H groups in total. The van der Waals surface area contributed by atoms with Gasteiger partial charge in [0.05, 0.1) is 32.0 Å². The highest BCUT2D eigenvalue weighted by Crippen LogP contribution is 2.42. The number of methoxy groups -OCH3 is 3. The van der Waals surface area contributed by atoms with E-state index < -0.39 is 0 Å². The Morgan fingerprint density at radius 1 is 1.04 bits per heavy atom. The van der Waals surface area contributed by atoms with Crippen molar-refractivity contribution in [3.8, 4) is 39.9 Å². The van der Waals surface area contributed by atoms with Crippen molar-refractivity contribution in [3.63, 3.8) is 0 Å². The first kappa shape index (κ1) is 15.3. The lowest BCUT2D eigenvalue weighted by Gasteiger charge is -2.13. The fraction of sp³-hybridized carbons (Fsp3) is 0.188. The summed E-state index contributed by atoms with van der Waals surface area (Å²) in [5, 5.41) is 10.4. The predicted octanol–water partition coefficient (Wildman–Crippen LogP) is 3.57. The maximum absolute atomic E-state index is 9.87. The number of hydrogen-bond acceptors (Lipinski definition) is 5. The number of nitrogens with zero attached hydrogens (tertiary/aromatic N) is 2. The second-order valence-corrected chi connectivity index (χ2v) is 5.21. The summed E-state index contributed by atoms with van der Waals surface area (Å²) in [6.45, 7) is 0. The summed E-state index contributed by atoms with van der Waals surface area (Å²) in [5.41, 5.74) is 2.04. The van der Waals surface area contributed by atoms with Crippen LogP contribution in [0.2, 0.25) is 5.02 Å². The second-order valence-electron chi connectivity index (χ2n) is 4.80. The molecular formula is C16H15ClN2O4. The van der Waals surface area contributed by atoms with Crippen LogP contribution in [0.5, 0.6) is 17.2 Å². The van der Waals surface area contributed by atoms with Gasteiger partial charge in [0.1, 0.15) is 0 Å². The number of rotatable bonds is 4. The summed E-state index contributed by atoms with van der Waals surface area (Å²) >= 11 is 6.16. The lowest BCUT2D eigenvalue weighted by molar-refractivity contribution is 0.187. The van der Waals surface area contributed by atoms with E-state index in [-0.39, 0.29) is 0 Å². The summed E-state index contributed by atoms with van der Waals surface area (Å²) in [4.78, 5) is 4.43. The van der Waals surface area contributed by atoms with Crippen molar-refractivity contribution in [1.29, 1.82) is 0 Å². The van der Waals surface area contributed by atoms with Crippen molar-refractivity contribution < 1.29 is 19.4 Å². The third-order valence-electron chi connectivity index (χ3n) is 3.55. The van der Waals surface area contributed by atoms with Gasteiger partial charge in [-0.2, -0.15) is 4.73 Å². The number of aromatic nitrogens is 2. The molecule has 0 amide bonds. The van der Waals surface area contributed by atoms with Crippen molar-refractivity contribution in [3.05, 3.63) is 35.5 Å². The number of benzene rings is 1. The summed E-state index contributed by atoms with van der Waals surface area (Å²) in [7, 11) is 4.65. The zero-order chi connectivity index (χ0) is 16.6. The van der Waals surface area contributed by atoms with Crippen LogP contribution in [0.1, 0.15) is 0 Å². The van der Waals surface area contributed by atoms with E-state index in [1.807, 2.05) is 0 Å². The number of pyridine rings is 1. The molecule has 1 aromatic rings. The van der Waals surface area contributed by atoms with Gasteiger partial charge in [0, 0.05) is 17.3 Å². The number of ether oxygens (including phenoxy) is 3. The maximum atomic E-state index is 9.87. The first-order valence-corrected chi connectivity index (χ1v) is 7.14. The Balaban J connectivity index is 2.21. The molecule has 1 aromatic carbocycles. The quantitative estimate of drug-likeness (QED) is 0.739. The van der Waals surface area contributed by atoms with Crippen LogP contribution in [0.3, 0.4) is 0 Å². The molecule has 0 bridgehead atoms.